The highest BCUT2D eigenvalue weighted by atomic mass is 15.0. The Morgan fingerprint density at radius 2 is 2.36 bits per heavy atom. The van der Waals surface area contributed by atoms with Crippen LogP contribution in [0.3, 0.4) is 0 Å². The van der Waals surface area contributed by atoms with Crippen molar-refractivity contribution in [3.8, 4) is 0 Å². The fourth-order valence-electron chi connectivity index (χ4n) is 1.88. The van der Waals surface area contributed by atoms with E-state index in [1.165, 1.54) is 5.56 Å². The van der Waals surface area contributed by atoms with E-state index in [-0.39, 0.29) is 0 Å². The maximum atomic E-state index is 5.73. The average molecular weight is 191 g/mol. The van der Waals surface area contributed by atoms with E-state index in [0.717, 1.165) is 12.8 Å². The van der Waals surface area contributed by atoms with Gasteiger partial charge in [-0.3, -0.25) is 4.98 Å². The van der Waals surface area contributed by atoms with Crippen molar-refractivity contribution in [2.75, 3.05) is 0 Å². The molecule has 0 saturated heterocycles. The summed E-state index contributed by atoms with van der Waals surface area (Å²) in [5.74, 6) is 0. The van der Waals surface area contributed by atoms with Gasteiger partial charge < -0.3 is 11.1 Å². The summed E-state index contributed by atoms with van der Waals surface area (Å²) in [6.07, 6.45) is 5.92. The molecule has 1 aliphatic carbocycles. The van der Waals surface area contributed by atoms with Crippen molar-refractivity contribution in [2.24, 2.45) is 5.73 Å². The van der Waals surface area contributed by atoms with Crippen molar-refractivity contribution in [2.45, 2.75) is 37.9 Å². The van der Waals surface area contributed by atoms with Crippen LogP contribution in [0.15, 0.2) is 24.5 Å². The van der Waals surface area contributed by atoms with E-state index in [9.17, 15) is 0 Å². The number of hydrogen-bond acceptors (Lipinski definition) is 3. The molecule has 0 bridgehead atoms. The Morgan fingerprint density at radius 1 is 1.57 bits per heavy atom. The number of rotatable bonds is 3. The molecule has 1 saturated carbocycles. The zero-order chi connectivity index (χ0) is 9.97. The Kier molecular flexibility index (Phi) is 2.79. The van der Waals surface area contributed by atoms with E-state index in [4.69, 9.17) is 5.73 Å². The number of aromatic nitrogens is 1. The maximum Gasteiger partial charge on any atom is 0.0315 e. The second kappa shape index (κ2) is 4.07. The summed E-state index contributed by atoms with van der Waals surface area (Å²) in [7, 11) is 0. The minimum atomic E-state index is 0.376. The Morgan fingerprint density at radius 3 is 2.93 bits per heavy atom. The third-order valence-corrected chi connectivity index (χ3v) is 2.84. The van der Waals surface area contributed by atoms with E-state index in [0.29, 0.717) is 18.1 Å². The first-order valence-electron chi connectivity index (χ1n) is 5.17. The molecular weight excluding hydrogens is 174 g/mol. The zero-order valence-corrected chi connectivity index (χ0v) is 8.48. The minimum Gasteiger partial charge on any atom is -0.328 e. The molecule has 0 unspecified atom stereocenters. The van der Waals surface area contributed by atoms with Crippen molar-refractivity contribution in [1.82, 2.24) is 10.3 Å². The molecule has 76 valence electrons. The summed E-state index contributed by atoms with van der Waals surface area (Å²) in [5, 5.41) is 3.54. The van der Waals surface area contributed by atoms with Crippen LogP contribution >= 0.6 is 0 Å². The molecule has 1 atom stereocenters. The molecule has 1 aromatic rings. The molecule has 0 aromatic carbocycles. The summed E-state index contributed by atoms with van der Waals surface area (Å²) in [6, 6.07) is 5.46. The predicted octanol–water partition coefficient (Wildman–Crippen LogP) is 1.22. The Balaban J connectivity index is 1.87. The summed E-state index contributed by atoms with van der Waals surface area (Å²) < 4.78 is 0. The van der Waals surface area contributed by atoms with Gasteiger partial charge in [-0.2, -0.15) is 0 Å². The number of nitrogens with zero attached hydrogens (tertiary/aromatic N) is 1. The first kappa shape index (κ1) is 9.62. The average Bonchev–Trinajstić information content (AvgIpc) is 2.17. The van der Waals surface area contributed by atoms with Gasteiger partial charge in [0, 0.05) is 30.5 Å². The molecule has 3 nitrogen and oxygen atoms in total. The smallest absolute Gasteiger partial charge is 0.0315 e. The van der Waals surface area contributed by atoms with Crippen molar-refractivity contribution in [3.63, 3.8) is 0 Å². The van der Waals surface area contributed by atoms with E-state index in [2.05, 4.69) is 23.3 Å². The van der Waals surface area contributed by atoms with Gasteiger partial charge in [0.1, 0.15) is 0 Å². The van der Waals surface area contributed by atoms with Crippen molar-refractivity contribution < 1.29 is 0 Å². The van der Waals surface area contributed by atoms with Gasteiger partial charge in [-0.05, 0) is 31.4 Å². The highest BCUT2D eigenvalue weighted by Gasteiger charge is 2.26. The molecule has 3 N–H and O–H groups in total. The van der Waals surface area contributed by atoms with Crippen LogP contribution in [-0.4, -0.2) is 17.1 Å². The molecule has 14 heavy (non-hydrogen) atoms. The first-order valence-corrected chi connectivity index (χ1v) is 5.17. The highest BCUT2D eigenvalue weighted by Crippen LogP contribution is 2.21. The van der Waals surface area contributed by atoms with Crippen LogP contribution in [0.5, 0.6) is 0 Å². The lowest BCUT2D eigenvalue weighted by Crippen LogP contribution is -2.49. The Bertz CT molecular complexity index is 280. The molecule has 2 rings (SSSR count). The third kappa shape index (κ3) is 2.11. The lowest BCUT2D eigenvalue weighted by Gasteiger charge is -2.35. The largest absolute Gasteiger partial charge is 0.328 e. The fourth-order valence-corrected chi connectivity index (χ4v) is 1.88. The number of hydrogen-bond donors (Lipinski definition) is 2. The molecular formula is C11H17N3. The zero-order valence-electron chi connectivity index (χ0n) is 8.48. The van der Waals surface area contributed by atoms with Gasteiger partial charge in [0.2, 0.25) is 0 Å². The van der Waals surface area contributed by atoms with Gasteiger partial charge in [-0.1, -0.05) is 6.07 Å². The standard InChI is InChI=1S/C11H17N3/c1-8(9-3-2-4-13-7-9)14-11-5-10(12)6-11/h2-4,7-8,10-11,14H,5-6,12H2,1H3/t8-,10?,11?/m1/s1. The van der Waals surface area contributed by atoms with Gasteiger partial charge in [0.15, 0.2) is 0 Å². The molecule has 0 spiro atoms. The number of nitrogens with two attached hydrogens (primary N) is 1. The van der Waals surface area contributed by atoms with Gasteiger partial charge in [-0.15, -0.1) is 0 Å². The monoisotopic (exact) mass is 191 g/mol. The Hall–Kier alpha value is -0.930. The normalized spacial score (nSPS) is 28.1. The molecule has 0 amide bonds. The molecule has 1 aromatic heterocycles. The molecule has 0 aliphatic heterocycles. The van der Waals surface area contributed by atoms with Crippen LogP contribution in [-0.2, 0) is 0 Å². The van der Waals surface area contributed by atoms with E-state index >= 15 is 0 Å². The van der Waals surface area contributed by atoms with Gasteiger partial charge in [0.05, 0.1) is 0 Å². The van der Waals surface area contributed by atoms with E-state index in [1.807, 2.05) is 12.3 Å². The summed E-state index contributed by atoms with van der Waals surface area (Å²) in [6.45, 7) is 2.17. The van der Waals surface area contributed by atoms with Crippen LogP contribution in [0.4, 0.5) is 0 Å². The van der Waals surface area contributed by atoms with Gasteiger partial charge in [-0.25, -0.2) is 0 Å². The predicted molar refractivity (Wildman–Crippen MR) is 56.8 cm³/mol. The summed E-state index contributed by atoms with van der Waals surface area (Å²) in [4.78, 5) is 4.11. The number of nitrogens with one attached hydrogen (secondary N) is 1. The molecule has 1 aliphatic rings. The lowest BCUT2D eigenvalue weighted by atomic mass is 9.87. The van der Waals surface area contributed by atoms with Crippen LogP contribution in [0, 0.1) is 0 Å². The van der Waals surface area contributed by atoms with Crippen LogP contribution in [0.1, 0.15) is 31.4 Å². The van der Waals surface area contributed by atoms with Gasteiger partial charge in [0.25, 0.3) is 0 Å². The SMILES string of the molecule is C[C@@H](NC1CC(N)C1)c1cccnc1. The summed E-state index contributed by atoms with van der Waals surface area (Å²) >= 11 is 0. The van der Waals surface area contributed by atoms with Crippen LogP contribution in [0.2, 0.25) is 0 Å². The maximum absolute atomic E-state index is 5.73. The van der Waals surface area contributed by atoms with Crippen molar-refractivity contribution >= 4 is 0 Å². The fraction of sp³-hybridized carbons (Fsp3) is 0.545. The van der Waals surface area contributed by atoms with Crippen LogP contribution in [0.25, 0.3) is 0 Å². The topological polar surface area (TPSA) is 50.9 Å². The second-order valence-corrected chi connectivity index (χ2v) is 4.10. The minimum absolute atomic E-state index is 0.376. The Labute approximate surface area is 84.7 Å². The molecule has 1 fully saturated rings. The van der Waals surface area contributed by atoms with Crippen LogP contribution < -0.4 is 11.1 Å². The molecule has 1 heterocycles. The van der Waals surface area contributed by atoms with Crippen molar-refractivity contribution in [3.05, 3.63) is 30.1 Å². The van der Waals surface area contributed by atoms with E-state index in [1.54, 1.807) is 6.20 Å². The number of pyridine rings is 1. The first-order chi connectivity index (χ1) is 6.75. The molecule has 3 heteroatoms. The summed E-state index contributed by atoms with van der Waals surface area (Å²) in [5.41, 5.74) is 6.97. The third-order valence-electron chi connectivity index (χ3n) is 2.84. The van der Waals surface area contributed by atoms with E-state index < -0.39 is 0 Å². The molecule has 0 radical (unpaired) electrons. The quantitative estimate of drug-likeness (QED) is 0.755. The lowest BCUT2D eigenvalue weighted by molar-refractivity contribution is 0.272. The van der Waals surface area contributed by atoms with Crippen molar-refractivity contribution in [1.29, 1.82) is 0 Å². The second-order valence-electron chi connectivity index (χ2n) is 4.10. The van der Waals surface area contributed by atoms with Gasteiger partial charge >= 0.3 is 0 Å². The highest BCUT2D eigenvalue weighted by molar-refractivity contribution is 5.13.